The van der Waals surface area contributed by atoms with Crippen molar-refractivity contribution < 1.29 is 14.3 Å². The maximum absolute atomic E-state index is 12.1. The molecule has 0 aliphatic carbocycles. The van der Waals surface area contributed by atoms with E-state index in [2.05, 4.69) is 11.4 Å². The molecule has 0 bridgehead atoms. The Morgan fingerprint density at radius 3 is 2.90 bits per heavy atom. The molecular weight excluding hydrogens is 268 g/mol. The Morgan fingerprint density at radius 1 is 1.24 bits per heavy atom. The second kappa shape index (κ2) is 6.80. The zero-order valence-electron chi connectivity index (χ0n) is 12.2. The summed E-state index contributed by atoms with van der Waals surface area (Å²) in [7, 11) is 0. The molecule has 114 valence electrons. The molecular formula is C16H22N2O3. The molecule has 0 radical (unpaired) electrons. The van der Waals surface area contributed by atoms with Crippen molar-refractivity contribution in [2.24, 2.45) is 5.92 Å². The minimum atomic E-state index is 0.0248. The first-order valence-corrected chi connectivity index (χ1v) is 7.64. The summed E-state index contributed by atoms with van der Waals surface area (Å²) < 4.78 is 11.0. The topological polar surface area (TPSA) is 50.8 Å². The summed E-state index contributed by atoms with van der Waals surface area (Å²) in [5.74, 6) is 1.41. The number of carbonyl (C=O) groups is 1. The van der Waals surface area contributed by atoms with E-state index in [1.807, 2.05) is 23.1 Å². The van der Waals surface area contributed by atoms with Gasteiger partial charge < -0.3 is 19.7 Å². The molecule has 1 atom stereocenters. The molecule has 1 unspecified atom stereocenters. The molecule has 2 aliphatic heterocycles. The van der Waals surface area contributed by atoms with Crippen molar-refractivity contribution in [3.05, 3.63) is 29.8 Å². The lowest BCUT2D eigenvalue weighted by molar-refractivity contribution is 0.0529. The molecule has 1 aromatic carbocycles. The van der Waals surface area contributed by atoms with Crippen LogP contribution < -0.4 is 10.1 Å². The number of para-hydroxylation sites is 1. The molecule has 5 heteroatoms. The third-order valence-electron chi connectivity index (χ3n) is 4.11. The highest BCUT2D eigenvalue weighted by Crippen LogP contribution is 2.26. The standard InChI is InChI=1S/C16H22N2O3/c19-16(18-6-9-20-10-7-18)17-12-13-5-8-21-15-4-2-1-3-14(15)11-13/h1-4,13H,5-12H2,(H,17,19). The van der Waals surface area contributed by atoms with Crippen LogP contribution in [-0.4, -0.2) is 50.4 Å². The van der Waals surface area contributed by atoms with Gasteiger partial charge in [0.15, 0.2) is 0 Å². The van der Waals surface area contributed by atoms with Gasteiger partial charge in [-0.2, -0.15) is 0 Å². The molecule has 0 saturated carbocycles. The zero-order valence-corrected chi connectivity index (χ0v) is 12.2. The van der Waals surface area contributed by atoms with Crippen molar-refractivity contribution in [2.75, 3.05) is 39.5 Å². The molecule has 1 fully saturated rings. The predicted octanol–water partition coefficient (Wildman–Crippen LogP) is 1.67. The van der Waals surface area contributed by atoms with Gasteiger partial charge in [0.1, 0.15) is 5.75 Å². The van der Waals surface area contributed by atoms with Gasteiger partial charge in [0.05, 0.1) is 19.8 Å². The molecule has 3 rings (SSSR count). The Balaban J connectivity index is 1.52. The van der Waals surface area contributed by atoms with Crippen LogP contribution in [0.15, 0.2) is 24.3 Å². The normalized spacial score (nSPS) is 21.9. The number of hydrogen-bond donors (Lipinski definition) is 1. The lowest BCUT2D eigenvalue weighted by Gasteiger charge is -2.27. The van der Waals surface area contributed by atoms with Crippen LogP contribution in [0.4, 0.5) is 4.79 Å². The third-order valence-corrected chi connectivity index (χ3v) is 4.11. The molecule has 1 saturated heterocycles. The van der Waals surface area contributed by atoms with Crippen LogP contribution in [-0.2, 0) is 11.2 Å². The summed E-state index contributed by atoms with van der Waals surface area (Å²) in [5.41, 5.74) is 1.24. The van der Waals surface area contributed by atoms with E-state index in [1.54, 1.807) is 0 Å². The van der Waals surface area contributed by atoms with Crippen LogP contribution in [0, 0.1) is 5.92 Å². The number of carbonyl (C=O) groups excluding carboxylic acids is 1. The van der Waals surface area contributed by atoms with Gasteiger partial charge in [-0.1, -0.05) is 18.2 Å². The molecule has 2 heterocycles. The number of morpholine rings is 1. The van der Waals surface area contributed by atoms with Crippen molar-refractivity contribution in [2.45, 2.75) is 12.8 Å². The smallest absolute Gasteiger partial charge is 0.317 e. The molecule has 0 spiro atoms. The van der Waals surface area contributed by atoms with Crippen LogP contribution in [0.5, 0.6) is 5.75 Å². The lowest BCUT2D eigenvalue weighted by Crippen LogP contribution is -2.47. The first-order valence-electron chi connectivity index (χ1n) is 7.64. The number of urea groups is 1. The molecule has 1 aromatic rings. The van der Waals surface area contributed by atoms with E-state index >= 15 is 0 Å². The highest BCUT2D eigenvalue weighted by molar-refractivity contribution is 5.74. The molecule has 2 amide bonds. The second-order valence-electron chi connectivity index (χ2n) is 5.60. The van der Waals surface area contributed by atoms with E-state index in [1.165, 1.54) is 5.56 Å². The van der Waals surface area contributed by atoms with E-state index in [9.17, 15) is 4.79 Å². The second-order valence-corrected chi connectivity index (χ2v) is 5.60. The number of amides is 2. The van der Waals surface area contributed by atoms with Crippen molar-refractivity contribution in [1.29, 1.82) is 0 Å². The minimum absolute atomic E-state index is 0.0248. The van der Waals surface area contributed by atoms with E-state index < -0.39 is 0 Å². The fourth-order valence-electron chi connectivity index (χ4n) is 2.85. The fraction of sp³-hybridized carbons (Fsp3) is 0.562. The molecule has 1 N–H and O–H groups in total. The Bertz CT molecular complexity index is 486. The lowest BCUT2D eigenvalue weighted by atomic mass is 9.97. The first kappa shape index (κ1) is 14.2. The highest BCUT2D eigenvalue weighted by Gasteiger charge is 2.20. The van der Waals surface area contributed by atoms with Crippen molar-refractivity contribution in [1.82, 2.24) is 10.2 Å². The maximum Gasteiger partial charge on any atom is 0.317 e. The van der Waals surface area contributed by atoms with Gasteiger partial charge in [0, 0.05) is 19.6 Å². The largest absolute Gasteiger partial charge is 0.493 e. The van der Waals surface area contributed by atoms with Crippen LogP contribution in [0.3, 0.4) is 0 Å². The quantitative estimate of drug-likeness (QED) is 0.901. The summed E-state index contributed by atoms with van der Waals surface area (Å²) >= 11 is 0. The Morgan fingerprint density at radius 2 is 2.05 bits per heavy atom. The average molecular weight is 290 g/mol. The first-order chi connectivity index (χ1) is 10.3. The van der Waals surface area contributed by atoms with E-state index in [4.69, 9.17) is 9.47 Å². The van der Waals surface area contributed by atoms with Crippen molar-refractivity contribution in [3.8, 4) is 5.75 Å². The van der Waals surface area contributed by atoms with Gasteiger partial charge in [0.2, 0.25) is 0 Å². The number of nitrogens with one attached hydrogen (secondary N) is 1. The summed E-state index contributed by atoms with van der Waals surface area (Å²) in [6.45, 7) is 4.06. The van der Waals surface area contributed by atoms with E-state index in [0.29, 0.717) is 38.8 Å². The molecule has 21 heavy (non-hydrogen) atoms. The summed E-state index contributed by atoms with van der Waals surface area (Å²) in [5, 5.41) is 3.06. The number of benzene rings is 1. The van der Waals surface area contributed by atoms with Crippen LogP contribution in [0.2, 0.25) is 0 Å². The van der Waals surface area contributed by atoms with Crippen molar-refractivity contribution in [3.63, 3.8) is 0 Å². The highest BCUT2D eigenvalue weighted by atomic mass is 16.5. The van der Waals surface area contributed by atoms with Crippen LogP contribution in [0.25, 0.3) is 0 Å². The number of hydrogen-bond acceptors (Lipinski definition) is 3. The summed E-state index contributed by atoms with van der Waals surface area (Å²) in [6, 6.07) is 8.19. The average Bonchev–Trinajstić information content (AvgIpc) is 2.75. The Hall–Kier alpha value is -1.75. The SMILES string of the molecule is O=C(NCC1CCOc2ccccc2C1)N1CCOCC1. The van der Waals surface area contributed by atoms with Gasteiger partial charge in [-0.15, -0.1) is 0 Å². The number of nitrogens with zero attached hydrogens (tertiary/aromatic N) is 1. The van der Waals surface area contributed by atoms with Gasteiger partial charge in [-0.3, -0.25) is 0 Å². The minimum Gasteiger partial charge on any atom is -0.493 e. The molecule has 5 nitrogen and oxygen atoms in total. The van der Waals surface area contributed by atoms with E-state index in [-0.39, 0.29) is 6.03 Å². The summed E-state index contributed by atoms with van der Waals surface area (Å²) in [4.78, 5) is 13.9. The zero-order chi connectivity index (χ0) is 14.5. The van der Waals surface area contributed by atoms with Gasteiger partial charge >= 0.3 is 6.03 Å². The van der Waals surface area contributed by atoms with Crippen LogP contribution in [0.1, 0.15) is 12.0 Å². The van der Waals surface area contributed by atoms with Gasteiger partial charge in [0.25, 0.3) is 0 Å². The van der Waals surface area contributed by atoms with Gasteiger partial charge in [-0.25, -0.2) is 4.79 Å². The number of ether oxygens (including phenoxy) is 2. The molecule has 0 aromatic heterocycles. The Kier molecular flexibility index (Phi) is 4.60. The predicted molar refractivity (Wildman–Crippen MR) is 79.5 cm³/mol. The maximum atomic E-state index is 12.1. The summed E-state index contributed by atoms with van der Waals surface area (Å²) in [6.07, 6.45) is 1.93. The third kappa shape index (κ3) is 3.67. The number of fused-ring (bicyclic) bond motifs is 1. The molecule has 2 aliphatic rings. The number of rotatable bonds is 2. The monoisotopic (exact) mass is 290 g/mol. The van der Waals surface area contributed by atoms with Crippen molar-refractivity contribution >= 4 is 6.03 Å². The fourth-order valence-corrected chi connectivity index (χ4v) is 2.85. The van der Waals surface area contributed by atoms with E-state index in [0.717, 1.165) is 25.2 Å². The van der Waals surface area contributed by atoms with Gasteiger partial charge in [-0.05, 0) is 30.4 Å². The van der Waals surface area contributed by atoms with Crippen LogP contribution >= 0.6 is 0 Å². The Labute approximate surface area is 125 Å².